The molecular formula is C14H13ClFNO2S2. The monoisotopic (exact) mass is 345 g/mol. The van der Waals surface area contributed by atoms with Crippen LogP contribution in [0.3, 0.4) is 0 Å². The molecular weight excluding hydrogens is 333 g/mol. The van der Waals surface area contributed by atoms with Crippen LogP contribution in [-0.2, 0) is 16.3 Å². The zero-order valence-corrected chi connectivity index (χ0v) is 13.4. The molecule has 1 aliphatic heterocycles. The van der Waals surface area contributed by atoms with Crippen molar-refractivity contribution >= 4 is 32.8 Å². The molecule has 0 unspecified atom stereocenters. The minimum Gasteiger partial charge on any atom is -0.246 e. The van der Waals surface area contributed by atoms with Gasteiger partial charge in [0, 0.05) is 28.3 Å². The molecule has 2 aromatic rings. The fourth-order valence-corrected chi connectivity index (χ4v) is 5.35. The third-order valence-electron chi connectivity index (χ3n) is 3.61. The van der Waals surface area contributed by atoms with E-state index in [1.807, 2.05) is 5.38 Å². The molecule has 7 heteroatoms. The van der Waals surface area contributed by atoms with Crippen molar-refractivity contribution in [3.05, 3.63) is 50.7 Å². The fourth-order valence-electron chi connectivity index (χ4n) is 2.47. The molecule has 3 nitrogen and oxygen atoms in total. The van der Waals surface area contributed by atoms with Gasteiger partial charge in [-0.25, -0.2) is 17.8 Å². The van der Waals surface area contributed by atoms with Crippen LogP contribution in [0.15, 0.2) is 23.6 Å². The van der Waals surface area contributed by atoms with Crippen LogP contribution in [0.2, 0.25) is 5.02 Å². The van der Waals surface area contributed by atoms with E-state index in [0.717, 1.165) is 10.7 Å². The Labute approximate surface area is 131 Å². The zero-order valence-electron chi connectivity index (χ0n) is 11.1. The van der Waals surface area contributed by atoms with Crippen LogP contribution < -0.4 is 0 Å². The number of thiazole rings is 1. The lowest BCUT2D eigenvalue weighted by Gasteiger charge is -2.04. The predicted molar refractivity (Wildman–Crippen MR) is 82.3 cm³/mol. The average Bonchev–Trinajstić information content (AvgIpc) is 3.00. The highest BCUT2D eigenvalue weighted by Crippen LogP contribution is 2.31. The molecule has 0 amide bonds. The van der Waals surface area contributed by atoms with Crippen molar-refractivity contribution in [1.29, 1.82) is 0 Å². The van der Waals surface area contributed by atoms with Gasteiger partial charge in [0.15, 0.2) is 9.84 Å². The fraction of sp³-hybridized carbons (Fsp3) is 0.357. The summed E-state index contributed by atoms with van der Waals surface area (Å²) in [4.78, 5) is 4.46. The molecule has 0 aliphatic carbocycles. The van der Waals surface area contributed by atoms with E-state index in [2.05, 4.69) is 4.98 Å². The van der Waals surface area contributed by atoms with Crippen molar-refractivity contribution in [2.75, 3.05) is 11.5 Å². The Morgan fingerprint density at radius 2 is 2.24 bits per heavy atom. The summed E-state index contributed by atoms with van der Waals surface area (Å²) < 4.78 is 36.8. The standard InChI is InChI=1S/C14H13ClFNO2S2/c15-11-2-1-3-12(16)10(11)6-14-17-13(7-20-14)9-4-5-21(18,19)8-9/h1-3,7,9H,4-6,8H2/t9-/m1/s1. The van der Waals surface area contributed by atoms with Gasteiger partial charge in [0.05, 0.1) is 22.2 Å². The van der Waals surface area contributed by atoms with Gasteiger partial charge in [-0.3, -0.25) is 0 Å². The molecule has 1 atom stereocenters. The van der Waals surface area contributed by atoms with E-state index in [4.69, 9.17) is 11.6 Å². The Morgan fingerprint density at radius 3 is 2.90 bits per heavy atom. The third kappa shape index (κ3) is 3.27. The largest absolute Gasteiger partial charge is 0.246 e. The van der Waals surface area contributed by atoms with Crippen LogP contribution in [0.25, 0.3) is 0 Å². The van der Waals surface area contributed by atoms with Crippen molar-refractivity contribution in [3.8, 4) is 0 Å². The van der Waals surface area contributed by atoms with E-state index in [-0.39, 0.29) is 23.2 Å². The number of benzene rings is 1. The highest BCUT2D eigenvalue weighted by Gasteiger charge is 2.30. The topological polar surface area (TPSA) is 47.0 Å². The summed E-state index contributed by atoms with van der Waals surface area (Å²) in [5.74, 6) is 0.0131. The van der Waals surface area contributed by atoms with E-state index < -0.39 is 9.84 Å². The smallest absolute Gasteiger partial charge is 0.151 e. The van der Waals surface area contributed by atoms with Crippen LogP contribution in [0.1, 0.15) is 28.6 Å². The molecule has 0 radical (unpaired) electrons. The molecule has 1 saturated heterocycles. The number of nitrogens with zero attached hydrogens (tertiary/aromatic N) is 1. The van der Waals surface area contributed by atoms with Crippen LogP contribution in [0.5, 0.6) is 0 Å². The summed E-state index contributed by atoms with van der Waals surface area (Å²) in [7, 11) is -2.92. The number of hydrogen-bond donors (Lipinski definition) is 0. The lowest BCUT2D eigenvalue weighted by atomic mass is 10.1. The Hall–Kier alpha value is -0.980. The SMILES string of the molecule is O=S1(=O)CC[C@@H](c2csc(Cc3c(F)cccc3Cl)n2)C1. The molecule has 1 fully saturated rings. The second kappa shape index (κ2) is 5.66. The molecule has 0 N–H and O–H groups in total. The Balaban J connectivity index is 1.80. The number of halogens is 2. The van der Waals surface area contributed by atoms with Crippen molar-refractivity contribution in [3.63, 3.8) is 0 Å². The van der Waals surface area contributed by atoms with Gasteiger partial charge < -0.3 is 0 Å². The van der Waals surface area contributed by atoms with Gasteiger partial charge in [-0.15, -0.1) is 11.3 Å². The zero-order chi connectivity index (χ0) is 15.0. The third-order valence-corrected chi connectivity index (χ3v) is 6.60. The lowest BCUT2D eigenvalue weighted by molar-refractivity contribution is 0.601. The molecule has 1 aromatic heterocycles. The van der Waals surface area contributed by atoms with Crippen molar-refractivity contribution < 1.29 is 12.8 Å². The van der Waals surface area contributed by atoms with Crippen LogP contribution >= 0.6 is 22.9 Å². The highest BCUT2D eigenvalue weighted by molar-refractivity contribution is 7.91. The first-order chi connectivity index (χ1) is 9.94. The molecule has 0 bridgehead atoms. The Bertz CT molecular complexity index is 753. The van der Waals surface area contributed by atoms with Gasteiger partial charge >= 0.3 is 0 Å². The van der Waals surface area contributed by atoms with E-state index in [1.165, 1.54) is 17.4 Å². The second-order valence-corrected chi connectivity index (χ2v) is 8.72. The van der Waals surface area contributed by atoms with Gasteiger partial charge in [0.25, 0.3) is 0 Å². The quantitative estimate of drug-likeness (QED) is 0.856. The summed E-state index contributed by atoms with van der Waals surface area (Å²) in [5, 5.41) is 3.01. The minimum atomic E-state index is -2.92. The number of hydrogen-bond acceptors (Lipinski definition) is 4. The minimum absolute atomic E-state index is 0.0314. The molecule has 2 heterocycles. The molecule has 0 spiro atoms. The average molecular weight is 346 g/mol. The van der Waals surface area contributed by atoms with E-state index in [1.54, 1.807) is 12.1 Å². The van der Waals surface area contributed by atoms with Crippen molar-refractivity contribution in [2.45, 2.75) is 18.8 Å². The molecule has 0 saturated carbocycles. The van der Waals surface area contributed by atoms with E-state index in [9.17, 15) is 12.8 Å². The second-order valence-electron chi connectivity index (χ2n) is 5.14. The summed E-state index contributed by atoms with van der Waals surface area (Å²) in [6.07, 6.45) is 0.946. The molecule has 1 aromatic carbocycles. The molecule has 112 valence electrons. The summed E-state index contributed by atoms with van der Waals surface area (Å²) >= 11 is 7.43. The van der Waals surface area contributed by atoms with Crippen LogP contribution in [-0.4, -0.2) is 24.9 Å². The van der Waals surface area contributed by atoms with Gasteiger partial charge in [-0.1, -0.05) is 17.7 Å². The lowest BCUT2D eigenvalue weighted by Crippen LogP contribution is -2.04. The Kier molecular flexibility index (Phi) is 4.03. The Morgan fingerprint density at radius 1 is 1.43 bits per heavy atom. The first kappa shape index (κ1) is 14.9. The van der Waals surface area contributed by atoms with Crippen LogP contribution in [0, 0.1) is 5.82 Å². The normalized spacial score (nSPS) is 20.8. The van der Waals surface area contributed by atoms with E-state index >= 15 is 0 Å². The van der Waals surface area contributed by atoms with Crippen molar-refractivity contribution in [2.24, 2.45) is 0 Å². The molecule has 21 heavy (non-hydrogen) atoms. The van der Waals surface area contributed by atoms with Gasteiger partial charge in [0.2, 0.25) is 0 Å². The summed E-state index contributed by atoms with van der Waals surface area (Å²) in [6.45, 7) is 0. The van der Waals surface area contributed by atoms with Gasteiger partial charge in [-0.05, 0) is 18.6 Å². The maximum absolute atomic E-state index is 13.8. The first-order valence-corrected chi connectivity index (χ1v) is 9.60. The summed E-state index contributed by atoms with van der Waals surface area (Å²) in [6, 6.07) is 4.59. The maximum Gasteiger partial charge on any atom is 0.151 e. The van der Waals surface area contributed by atoms with Gasteiger partial charge in [0.1, 0.15) is 5.82 Å². The highest BCUT2D eigenvalue weighted by atomic mass is 35.5. The number of aromatic nitrogens is 1. The molecule has 3 rings (SSSR count). The molecule has 1 aliphatic rings. The first-order valence-electron chi connectivity index (χ1n) is 6.52. The predicted octanol–water partition coefficient (Wildman–Crippen LogP) is 3.43. The number of rotatable bonds is 3. The van der Waals surface area contributed by atoms with Crippen molar-refractivity contribution in [1.82, 2.24) is 4.98 Å². The van der Waals surface area contributed by atoms with E-state index in [0.29, 0.717) is 23.4 Å². The summed E-state index contributed by atoms with van der Waals surface area (Å²) in [5.41, 5.74) is 1.22. The van der Waals surface area contributed by atoms with Crippen LogP contribution in [0.4, 0.5) is 4.39 Å². The van der Waals surface area contributed by atoms with Gasteiger partial charge in [-0.2, -0.15) is 0 Å². The number of sulfone groups is 1. The maximum atomic E-state index is 13.8.